The predicted octanol–water partition coefficient (Wildman–Crippen LogP) is 15.6. The van der Waals surface area contributed by atoms with Crippen molar-refractivity contribution >= 4 is 53.2 Å². The van der Waals surface area contributed by atoms with Gasteiger partial charge >= 0.3 is 0 Å². The molecule has 294 valence electrons. The molecule has 3 aromatic heterocycles. The van der Waals surface area contributed by atoms with E-state index >= 15 is 0 Å². The number of fused-ring (bicyclic) bond motifs is 6. The molecule has 12 aromatic rings. The van der Waals surface area contributed by atoms with E-state index in [0.29, 0.717) is 17.5 Å². The Labute approximate surface area is 368 Å². The molecule has 0 atom stereocenters. The normalized spacial score (nSPS) is 11.5. The van der Waals surface area contributed by atoms with Gasteiger partial charge in [0.15, 0.2) is 17.5 Å². The third-order valence-electron chi connectivity index (χ3n) is 11.9. The maximum Gasteiger partial charge on any atom is 0.164 e. The minimum Gasteiger partial charge on any atom is -0.246 e. The second-order valence-corrected chi connectivity index (χ2v) is 16.8. The molecule has 0 saturated heterocycles. The second kappa shape index (κ2) is 15.4. The van der Waals surface area contributed by atoms with E-state index in [9.17, 15) is 0 Å². The van der Waals surface area contributed by atoms with Gasteiger partial charge in [-0.1, -0.05) is 194 Å². The summed E-state index contributed by atoms with van der Waals surface area (Å²) in [6.45, 7) is 0. The second-order valence-electron chi connectivity index (χ2n) is 15.8. The zero-order chi connectivity index (χ0) is 41.7. The first-order chi connectivity index (χ1) is 31.2. The summed E-state index contributed by atoms with van der Waals surface area (Å²) in [4.78, 5) is 20.7. The lowest BCUT2D eigenvalue weighted by molar-refractivity contribution is 1.07. The van der Waals surface area contributed by atoms with Gasteiger partial charge in [0.2, 0.25) is 0 Å². The van der Waals surface area contributed by atoms with Gasteiger partial charge in [-0.25, -0.2) is 19.9 Å². The molecule has 0 spiro atoms. The van der Waals surface area contributed by atoms with Crippen LogP contribution in [0.2, 0.25) is 0 Å². The van der Waals surface area contributed by atoms with Crippen molar-refractivity contribution in [3.05, 3.63) is 218 Å². The van der Waals surface area contributed by atoms with Crippen molar-refractivity contribution in [1.29, 1.82) is 0 Å². The van der Waals surface area contributed by atoms with Gasteiger partial charge in [-0.05, 0) is 68.4 Å². The molecule has 0 unspecified atom stereocenters. The highest BCUT2D eigenvalue weighted by atomic mass is 32.1. The van der Waals surface area contributed by atoms with Crippen molar-refractivity contribution in [3.63, 3.8) is 0 Å². The van der Waals surface area contributed by atoms with E-state index in [4.69, 9.17) is 19.9 Å². The highest BCUT2D eigenvalue weighted by molar-refractivity contribution is 7.26. The van der Waals surface area contributed by atoms with Crippen LogP contribution in [-0.2, 0) is 0 Å². The predicted molar refractivity (Wildman–Crippen MR) is 264 cm³/mol. The number of thiophene rings is 1. The summed E-state index contributed by atoms with van der Waals surface area (Å²) in [5, 5.41) is 6.09. The van der Waals surface area contributed by atoms with Gasteiger partial charge in [0.05, 0.1) is 15.9 Å². The van der Waals surface area contributed by atoms with E-state index in [1.54, 1.807) is 0 Å². The first-order valence-electron chi connectivity index (χ1n) is 21.1. The molecule has 0 amide bonds. The van der Waals surface area contributed by atoms with Gasteiger partial charge in [0, 0.05) is 43.1 Å². The van der Waals surface area contributed by atoms with Crippen LogP contribution in [0.5, 0.6) is 0 Å². The average molecular weight is 821 g/mol. The van der Waals surface area contributed by atoms with E-state index in [1.165, 1.54) is 41.9 Å². The Bertz CT molecular complexity index is 3670. The summed E-state index contributed by atoms with van der Waals surface area (Å²) >= 11 is 1.83. The van der Waals surface area contributed by atoms with Gasteiger partial charge in [-0.15, -0.1) is 11.3 Å². The highest BCUT2D eigenvalue weighted by Gasteiger charge is 2.20. The third-order valence-corrected chi connectivity index (χ3v) is 13.1. The Morgan fingerprint density at radius 2 is 0.794 bits per heavy atom. The van der Waals surface area contributed by atoms with E-state index in [-0.39, 0.29) is 0 Å². The standard InChI is InChI=1S/C58H36N4S/c1-3-15-37(16-4-1)38-31-33-41(34-32-38)57-60-56(40-18-5-2-6-19-40)61-58(62-57)45-24-12-22-43(36-45)42-21-11-23-44(35-42)47-27-14-29-50-52(47)53-49-26-9-10-30-51(49)63-55(53)54(59-50)48-28-13-20-39-17-7-8-25-46(39)48/h1-36H. The monoisotopic (exact) mass is 820 g/mol. The number of hydrogen-bond acceptors (Lipinski definition) is 5. The first-order valence-corrected chi connectivity index (χ1v) is 21.9. The third kappa shape index (κ3) is 6.63. The molecule has 0 saturated carbocycles. The van der Waals surface area contributed by atoms with Gasteiger partial charge in [0.1, 0.15) is 0 Å². The van der Waals surface area contributed by atoms with Crippen molar-refractivity contribution in [1.82, 2.24) is 19.9 Å². The van der Waals surface area contributed by atoms with E-state index in [2.05, 4.69) is 182 Å². The molecule has 63 heavy (non-hydrogen) atoms. The Morgan fingerprint density at radius 1 is 0.302 bits per heavy atom. The van der Waals surface area contributed by atoms with Gasteiger partial charge < -0.3 is 0 Å². The van der Waals surface area contributed by atoms with Crippen LogP contribution in [0.15, 0.2) is 218 Å². The van der Waals surface area contributed by atoms with Gasteiger partial charge in [-0.3, -0.25) is 0 Å². The maximum absolute atomic E-state index is 5.50. The van der Waals surface area contributed by atoms with Crippen molar-refractivity contribution in [2.45, 2.75) is 0 Å². The fourth-order valence-corrected chi connectivity index (χ4v) is 10.1. The van der Waals surface area contributed by atoms with Crippen LogP contribution in [0, 0.1) is 0 Å². The van der Waals surface area contributed by atoms with Crippen LogP contribution >= 0.6 is 11.3 Å². The van der Waals surface area contributed by atoms with Crippen LogP contribution in [0.3, 0.4) is 0 Å². The summed E-state index contributed by atoms with van der Waals surface area (Å²) in [5.74, 6) is 1.89. The fourth-order valence-electron chi connectivity index (χ4n) is 8.88. The molecule has 0 aliphatic heterocycles. The number of aromatic nitrogens is 4. The zero-order valence-corrected chi connectivity index (χ0v) is 34.8. The minimum atomic E-state index is 0.623. The lowest BCUT2D eigenvalue weighted by Crippen LogP contribution is -2.00. The molecule has 0 N–H and O–H groups in total. The lowest BCUT2D eigenvalue weighted by Gasteiger charge is -2.14. The summed E-state index contributed by atoms with van der Waals surface area (Å²) < 4.78 is 2.46. The SMILES string of the molecule is c1ccc(-c2ccc(-c3nc(-c4ccccc4)nc(-c4cccc(-c5cccc(-c6cccc7nc(-c8cccc9ccccc89)c8sc9ccccc9c8c67)c5)c4)n3)cc2)cc1. The first kappa shape index (κ1) is 36.7. The molecule has 5 heteroatoms. The van der Waals surface area contributed by atoms with Crippen LogP contribution in [0.1, 0.15) is 0 Å². The Hall–Kier alpha value is -8.12. The van der Waals surface area contributed by atoms with Crippen LogP contribution in [0.25, 0.3) is 121 Å². The van der Waals surface area contributed by atoms with Gasteiger partial charge in [0.25, 0.3) is 0 Å². The average Bonchev–Trinajstić information content (AvgIpc) is 3.76. The summed E-state index contributed by atoms with van der Waals surface area (Å²) in [5.41, 5.74) is 12.7. The Morgan fingerprint density at radius 3 is 1.56 bits per heavy atom. The smallest absolute Gasteiger partial charge is 0.164 e. The van der Waals surface area contributed by atoms with E-state index in [0.717, 1.165) is 61.3 Å². The van der Waals surface area contributed by atoms with Crippen molar-refractivity contribution < 1.29 is 0 Å². The number of rotatable bonds is 7. The van der Waals surface area contributed by atoms with Crippen LogP contribution in [0.4, 0.5) is 0 Å². The fraction of sp³-hybridized carbons (Fsp3) is 0. The summed E-state index contributed by atoms with van der Waals surface area (Å²) in [6, 6.07) is 76.8. The Kier molecular flexibility index (Phi) is 8.98. The molecule has 4 nitrogen and oxygen atoms in total. The van der Waals surface area contributed by atoms with Crippen molar-refractivity contribution in [3.8, 4) is 78.8 Å². The van der Waals surface area contributed by atoms with E-state index in [1.807, 2.05) is 47.7 Å². The van der Waals surface area contributed by atoms with E-state index < -0.39 is 0 Å². The molecule has 0 radical (unpaired) electrons. The largest absolute Gasteiger partial charge is 0.246 e. The molecule has 3 heterocycles. The summed E-state index contributed by atoms with van der Waals surface area (Å²) in [7, 11) is 0. The number of hydrogen-bond donors (Lipinski definition) is 0. The van der Waals surface area contributed by atoms with Gasteiger partial charge in [-0.2, -0.15) is 0 Å². The quantitative estimate of drug-likeness (QED) is 0.161. The molecular formula is C58H36N4S. The minimum absolute atomic E-state index is 0.623. The van der Waals surface area contributed by atoms with Crippen LogP contribution in [-0.4, -0.2) is 19.9 Å². The molecular weight excluding hydrogens is 785 g/mol. The maximum atomic E-state index is 5.50. The number of nitrogens with zero attached hydrogens (tertiary/aromatic N) is 4. The molecule has 0 aliphatic carbocycles. The molecule has 0 fully saturated rings. The van der Waals surface area contributed by atoms with Crippen LogP contribution < -0.4 is 0 Å². The Balaban J connectivity index is 0.974. The number of pyridine rings is 1. The molecule has 0 aliphatic rings. The topological polar surface area (TPSA) is 51.6 Å². The summed E-state index contributed by atoms with van der Waals surface area (Å²) in [6.07, 6.45) is 0. The van der Waals surface area contributed by atoms with Crippen molar-refractivity contribution in [2.75, 3.05) is 0 Å². The highest BCUT2D eigenvalue weighted by Crippen LogP contribution is 2.46. The molecule has 12 rings (SSSR count). The zero-order valence-electron chi connectivity index (χ0n) is 34.0. The lowest BCUT2D eigenvalue weighted by atomic mass is 9.93. The molecule has 9 aromatic carbocycles. The number of benzene rings is 9. The van der Waals surface area contributed by atoms with Crippen molar-refractivity contribution in [2.24, 2.45) is 0 Å². The molecule has 0 bridgehead atoms.